The molecule has 0 saturated carbocycles. The predicted molar refractivity (Wildman–Crippen MR) is 230 cm³/mol. The Kier molecular flexibility index (Phi) is 12.4. The molecule has 0 aromatic heterocycles. The molecule has 0 aliphatic carbocycles. The van der Waals surface area contributed by atoms with E-state index in [-0.39, 0.29) is 0 Å². The maximum atomic E-state index is 6.01. The number of hydrogen-bond acceptors (Lipinski definition) is 2. The summed E-state index contributed by atoms with van der Waals surface area (Å²) in [6.07, 6.45) is 0. The number of aryl methyl sites for hydroxylation is 1. The van der Waals surface area contributed by atoms with E-state index in [1.54, 1.807) is 14.2 Å². The first kappa shape index (κ1) is 39.3. The normalized spacial score (nSPS) is 12.4. The minimum absolute atomic E-state index is 0.368. The zero-order valence-corrected chi connectivity index (χ0v) is 35.1. The van der Waals surface area contributed by atoms with E-state index in [0.29, 0.717) is 29.6 Å². The smallest absolute Gasteiger partial charge is 0.130 e. The van der Waals surface area contributed by atoms with E-state index in [4.69, 9.17) is 9.47 Å². The number of methoxy groups -OCH3 is 2. The molecule has 0 spiro atoms. The molecule has 0 heterocycles. The lowest BCUT2D eigenvalue weighted by Crippen LogP contribution is -2.20. The largest absolute Gasteiger partial charge is 0.496 e. The van der Waals surface area contributed by atoms with Crippen molar-refractivity contribution in [1.29, 1.82) is 0 Å². The average Bonchev–Trinajstić information content (AvgIpc) is 3.12. The Bertz CT molecular complexity index is 1950. The van der Waals surface area contributed by atoms with E-state index in [9.17, 15) is 0 Å². The van der Waals surface area contributed by atoms with Crippen molar-refractivity contribution in [1.82, 2.24) is 0 Å². The molecular formula is C49H61O2P. The lowest BCUT2D eigenvalue weighted by Gasteiger charge is -2.30. The van der Waals surface area contributed by atoms with Gasteiger partial charge in [0.25, 0.3) is 0 Å². The van der Waals surface area contributed by atoms with Gasteiger partial charge in [0.1, 0.15) is 11.5 Å². The monoisotopic (exact) mass is 712 g/mol. The molecule has 274 valence electrons. The van der Waals surface area contributed by atoms with Crippen LogP contribution in [-0.2, 0) is 0 Å². The topological polar surface area (TPSA) is 18.5 Å². The highest BCUT2D eigenvalue weighted by Crippen LogP contribution is 2.49. The molecule has 1 atom stereocenters. The molecule has 0 N–H and O–H groups in total. The van der Waals surface area contributed by atoms with E-state index in [0.717, 1.165) is 22.6 Å². The van der Waals surface area contributed by atoms with Crippen LogP contribution in [0.25, 0.3) is 33.4 Å². The van der Waals surface area contributed by atoms with Crippen LogP contribution in [0, 0.1) is 6.92 Å². The highest BCUT2D eigenvalue weighted by molar-refractivity contribution is 7.73. The van der Waals surface area contributed by atoms with Gasteiger partial charge < -0.3 is 9.47 Å². The molecule has 1 unspecified atom stereocenters. The van der Waals surface area contributed by atoms with Crippen LogP contribution in [-0.4, -0.2) is 20.9 Å². The molecule has 52 heavy (non-hydrogen) atoms. The maximum Gasteiger partial charge on any atom is 0.130 e. The Hall–Kier alpha value is -3.87. The van der Waals surface area contributed by atoms with Crippen LogP contribution >= 0.6 is 7.92 Å². The van der Waals surface area contributed by atoms with Gasteiger partial charge in [0.2, 0.25) is 0 Å². The van der Waals surface area contributed by atoms with E-state index in [1.807, 2.05) is 18.2 Å². The summed E-state index contributed by atoms with van der Waals surface area (Å²) in [6, 6.07) is 32.1. The molecule has 0 aliphatic heterocycles. The van der Waals surface area contributed by atoms with Crippen LogP contribution in [0.2, 0.25) is 0 Å². The zero-order valence-electron chi connectivity index (χ0n) is 34.2. The number of ether oxygens (including phenoxy) is 2. The standard InChI is InChI=1S/C49H61O2P/c1-29(2)35-27-41(32(7)8)47(42(28-35)33(9)10)38-21-17-20-37(46-39(30(3)4)25-34(11)26-40(46)31(5)6)49(38)52(14)45-24-16-15-19-36(45)48-43(50-12)22-18-23-44(48)51-13/h15-33H,1-14H3. The molecule has 0 saturated heterocycles. The summed E-state index contributed by atoms with van der Waals surface area (Å²) < 4.78 is 12.0. The Morgan fingerprint density at radius 3 is 1.29 bits per heavy atom. The summed E-state index contributed by atoms with van der Waals surface area (Å²) >= 11 is 0. The van der Waals surface area contributed by atoms with Gasteiger partial charge in [-0.3, -0.25) is 0 Å². The first-order valence-corrected chi connectivity index (χ1v) is 21.0. The molecule has 3 heteroatoms. The van der Waals surface area contributed by atoms with Crippen molar-refractivity contribution in [3.8, 4) is 44.9 Å². The van der Waals surface area contributed by atoms with Gasteiger partial charge in [-0.1, -0.05) is 148 Å². The molecule has 5 rings (SSSR count). The van der Waals surface area contributed by atoms with Crippen molar-refractivity contribution >= 4 is 18.5 Å². The van der Waals surface area contributed by atoms with Gasteiger partial charge >= 0.3 is 0 Å². The van der Waals surface area contributed by atoms with Crippen LogP contribution in [0.15, 0.2) is 84.9 Å². The van der Waals surface area contributed by atoms with Gasteiger partial charge in [-0.25, -0.2) is 0 Å². The summed E-state index contributed by atoms with van der Waals surface area (Å²) in [5.41, 5.74) is 16.2. The average molecular weight is 713 g/mol. The third kappa shape index (κ3) is 7.61. The molecule has 0 fully saturated rings. The molecular weight excluding hydrogens is 652 g/mol. The second-order valence-corrected chi connectivity index (χ2v) is 18.0. The first-order valence-electron chi connectivity index (χ1n) is 19.2. The van der Waals surface area contributed by atoms with Gasteiger partial charge in [0, 0.05) is 0 Å². The van der Waals surface area contributed by atoms with Crippen LogP contribution in [0.5, 0.6) is 11.5 Å². The van der Waals surface area contributed by atoms with Crippen LogP contribution in [0.3, 0.4) is 0 Å². The lowest BCUT2D eigenvalue weighted by atomic mass is 9.80. The number of rotatable bonds is 12. The van der Waals surface area contributed by atoms with E-state index >= 15 is 0 Å². The maximum absolute atomic E-state index is 6.01. The van der Waals surface area contributed by atoms with Crippen molar-refractivity contribution in [2.24, 2.45) is 0 Å². The van der Waals surface area contributed by atoms with Gasteiger partial charge in [-0.15, -0.1) is 0 Å². The van der Waals surface area contributed by atoms with Crippen LogP contribution in [0.1, 0.15) is 132 Å². The quantitative estimate of drug-likeness (QED) is 0.120. The Morgan fingerprint density at radius 1 is 0.462 bits per heavy atom. The molecule has 2 nitrogen and oxygen atoms in total. The SMILES string of the molecule is COc1cccc(OC)c1-c1ccccc1P(C)c1c(-c2c(C(C)C)cc(C)cc2C(C)C)cccc1-c1c(C(C)C)cc(C(C)C)cc1C(C)C. The third-order valence-electron chi connectivity index (χ3n) is 10.6. The van der Waals surface area contributed by atoms with E-state index < -0.39 is 7.92 Å². The Balaban J connectivity index is 2.00. The van der Waals surface area contributed by atoms with Crippen LogP contribution in [0.4, 0.5) is 0 Å². The number of hydrogen-bond donors (Lipinski definition) is 0. The fraction of sp³-hybridized carbons (Fsp3) is 0.388. The lowest BCUT2D eigenvalue weighted by molar-refractivity contribution is 0.397. The molecule has 5 aromatic rings. The summed E-state index contributed by atoms with van der Waals surface area (Å²) in [5.74, 6) is 3.58. The van der Waals surface area contributed by atoms with Gasteiger partial charge in [0.15, 0.2) is 0 Å². The summed E-state index contributed by atoms with van der Waals surface area (Å²) in [5, 5.41) is 2.75. The summed E-state index contributed by atoms with van der Waals surface area (Å²) in [7, 11) is 2.60. The van der Waals surface area contributed by atoms with E-state index in [1.165, 1.54) is 66.2 Å². The fourth-order valence-corrected chi connectivity index (χ4v) is 10.0. The van der Waals surface area contributed by atoms with Crippen molar-refractivity contribution in [2.75, 3.05) is 20.9 Å². The van der Waals surface area contributed by atoms with Gasteiger partial charge in [-0.2, -0.15) is 0 Å². The minimum atomic E-state index is -0.904. The fourth-order valence-electron chi connectivity index (χ4n) is 7.85. The van der Waals surface area contributed by atoms with Gasteiger partial charge in [0.05, 0.1) is 19.8 Å². The molecule has 0 radical (unpaired) electrons. The molecule has 0 bridgehead atoms. The first-order chi connectivity index (χ1) is 24.7. The number of benzene rings is 5. The highest BCUT2D eigenvalue weighted by atomic mass is 31.1. The molecule has 0 aliphatic rings. The second-order valence-electron chi connectivity index (χ2n) is 16.0. The van der Waals surface area contributed by atoms with Crippen molar-refractivity contribution in [2.45, 2.75) is 106 Å². The minimum Gasteiger partial charge on any atom is -0.496 e. The molecule has 0 amide bonds. The van der Waals surface area contributed by atoms with Crippen LogP contribution < -0.4 is 20.1 Å². The summed E-state index contributed by atoms with van der Waals surface area (Å²) in [6.45, 7) is 28.2. The summed E-state index contributed by atoms with van der Waals surface area (Å²) in [4.78, 5) is 0. The predicted octanol–water partition coefficient (Wildman–Crippen LogP) is 13.7. The van der Waals surface area contributed by atoms with Gasteiger partial charge in [-0.05, 0) is 129 Å². The zero-order chi connectivity index (χ0) is 38.0. The molecule has 5 aromatic carbocycles. The van der Waals surface area contributed by atoms with Crippen molar-refractivity contribution < 1.29 is 9.47 Å². The van der Waals surface area contributed by atoms with Crippen molar-refractivity contribution in [3.05, 3.63) is 118 Å². The Labute approximate surface area is 316 Å². The van der Waals surface area contributed by atoms with E-state index in [2.05, 4.69) is 150 Å². The third-order valence-corrected chi connectivity index (χ3v) is 12.9. The Morgan fingerprint density at radius 2 is 0.865 bits per heavy atom. The second kappa shape index (κ2) is 16.4. The van der Waals surface area contributed by atoms with Crippen molar-refractivity contribution in [3.63, 3.8) is 0 Å². The highest BCUT2D eigenvalue weighted by Gasteiger charge is 2.29.